The molecule has 2 saturated heterocycles. The van der Waals surface area contributed by atoms with Gasteiger partial charge in [-0.05, 0) is 62.4 Å². The number of nitrogens with one attached hydrogen (secondary N) is 2. The average molecular weight is 394 g/mol. The number of urea groups is 1. The smallest absolute Gasteiger partial charge is 0.317 e. The third-order valence-corrected chi connectivity index (χ3v) is 7.20. The lowest BCUT2D eigenvalue weighted by atomic mass is 9.84. The summed E-state index contributed by atoms with van der Waals surface area (Å²) < 4.78 is 0. The zero-order valence-corrected chi connectivity index (χ0v) is 17.1. The van der Waals surface area contributed by atoms with Crippen molar-refractivity contribution in [3.8, 4) is 11.1 Å². The van der Waals surface area contributed by atoms with Gasteiger partial charge in [0.1, 0.15) is 0 Å². The predicted octanol–water partition coefficient (Wildman–Crippen LogP) is 4.02. The normalized spacial score (nSPS) is 22.6. The topological polar surface area (TPSA) is 64.3 Å². The van der Waals surface area contributed by atoms with Gasteiger partial charge in [0.15, 0.2) is 0 Å². The molecule has 154 valence electrons. The van der Waals surface area contributed by atoms with E-state index in [1.807, 2.05) is 17.3 Å². The molecular formula is C23H31N5O. The maximum atomic E-state index is 13.6. The number of rotatable bonds is 4. The molecule has 2 aliphatic heterocycles. The molecule has 1 aromatic heterocycles. The first-order valence-electron chi connectivity index (χ1n) is 11.1. The summed E-state index contributed by atoms with van der Waals surface area (Å²) >= 11 is 0. The summed E-state index contributed by atoms with van der Waals surface area (Å²) in [7, 11) is 0. The van der Waals surface area contributed by atoms with Crippen LogP contribution in [0.15, 0.2) is 36.7 Å². The van der Waals surface area contributed by atoms with Crippen molar-refractivity contribution in [3.63, 3.8) is 0 Å². The quantitative estimate of drug-likeness (QED) is 0.825. The second-order valence-electron chi connectivity index (χ2n) is 8.99. The Morgan fingerprint density at radius 2 is 1.79 bits per heavy atom. The van der Waals surface area contributed by atoms with Gasteiger partial charge in [0.2, 0.25) is 0 Å². The van der Waals surface area contributed by atoms with Gasteiger partial charge in [-0.3, -0.25) is 10.00 Å². The number of nitrogens with zero attached hydrogens (tertiary/aromatic N) is 3. The first-order valence-corrected chi connectivity index (χ1v) is 11.1. The summed E-state index contributed by atoms with van der Waals surface area (Å²) in [6, 6.07) is 8.55. The summed E-state index contributed by atoms with van der Waals surface area (Å²) in [5.41, 5.74) is 3.18. The molecule has 1 aromatic carbocycles. The van der Waals surface area contributed by atoms with Gasteiger partial charge in [0.25, 0.3) is 0 Å². The molecule has 6 nitrogen and oxygen atoms in total. The number of carbonyl (C=O) groups excluding carboxylic acids is 1. The molecule has 5 rings (SSSR count). The van der Waals surface area contributed by atoms with Crippen LogP contribution in [0, 0.1) is 5.92 Å². The Hall–Kier alpha value is -2.34. The van der Waals surface area contributed by atoms with Crippen LogP contribution in [0.2, 0.25) is 0 Å². The van der Waals surface area contributed by atoms with Crippen LogP contribution in [-0.4, -0.2) is 52.8 Å². The van der Waals surface area contributed by atoms with Gasteiger partial charge in [-0.2, -0.15) is 5.10 Å². The van der Waals surface area contributed by atoms with E-state index in [9.17, 15) is 4.79 Å². The van der Waals surface area contributed by atoms with Crippen LogP contribution >= 0.6 is 0 Å². The van der Waals surface area contributed by atoms with Crippen molar-refractivity contribution < 1.29 is 4.79 Å². The summed E-state index contributed by atoms with van der Waals surface area (Å²) in [5.74, 6) is 0.669. The first-order chi connectivity index (χ1) is 14.3. The number of aromatic amines is 1. The van der Waals surface area contributed by atoms with E-state index in [4.69, 9.17) is 0 Å². The van der Waals surface area contributed by atoms with Crippen LogP contribution in [0.4, 0.5) is 10.5 Å². The molecule has 3 fully saturated rings. The lowest BCUT2D eigenvalue weighted by molar-refractivity contribution is 0.103. The maximum Gasteiger partial charge on any atom is 0.325 e. The fourth-order valence-electron chi connectivity index (χ4n) is 5.46. The Balaban J connectivity index is 1.39. The molecule has 3 aliphatic rings. The lowest BCUT2D eigenvalue weighted by Gasteiger charge is -2.42. The fraction of sp³-hybridized carbons (Fsp3) is 0.565. The molecule has 29 heavy (non-hydrogen) atoms. The van der Waals surface area contributed by atoms with Gasteiger partial charge in [-0.25, -0.2) is 4.79 Å². The molecular weight excluding hydrogens is 362 g/mol. The zero-order valence-electron chi connectivity index (χ0n) is 17.1. The monoisotopic (exact) mass is 393 g/mol. The minimum atomic E-state index is -0.0109. The number of aromatic nitrogens is 2. The Bertz CT molecular complexity index is 819. The van der Waals surface area contributed by atoms with Gasteiger partial charge < -0.3 is 10.2 Å². The van der Waals surface area contributed by atoms with Crippen molar-refractivity contribution in [2.24, 2.45) is 5.92 Å². The van der Waals surface area contributed by atoms with E-state index >= 15 is 0 Å². The molecule has 1 spiro atoms. The number of anilines is 1. The third-order valence-electron chi connectivity index (χ3n) is 7.20. The molecule has 2 aromatic rings. The van der Waals surface area contributed by atoms with Crippen LogP contribution in [0.1, 0.15) is 44.9 Å². The highest BCUT2D eigenvalue weighted by molar-refractivity contribution is 5.95. The minimum Gasteiger partial charge on any atom is -0.317 e. The van der Waals surface area contributed by atoms with Gasteiger partial charge in [0.05, 0.1) is 18.3 Å². The van der Waals surface area contributed by atoms with Crippen molar-refractivity contribution >= 4 is 11.7 Å². The molecule has 1 aliphatic carbocycles. The van der Waals surface area contributed by atoms with E-state index in [2.05, 4.69) is 44.7 Å². The van der Waals surface area contributed by atoms with Crippen LogP contribution < -0.4 is 10.2 Å². The second kappa shape index (κ2) is 7.82. The number of H-pyrrole nitrogens is 1. The zero-order chi connectivity index (χ0) is 19.7. The first kappa shape index (κ1) is 18.7. The fourth-order valence-corrected chi connectivity index (χ4v) is 5.46. The Kier molecular flexibility index (Phi) is 5.04. The SMILES string of the molecule is O=C1N(c2ccc(-c3cn[nH]c3)cc2)CC2(CCNCC2)N1CC1CCCCC1. The molecule has 3 heterocycles. The molecule has 2 N–H and O–H groups in total. The summed E-state index contributed by atoms with van der Waals surface area (Å²) in [5, 5.41) is 10.4. The van der Waals surface area contributed by atoms with Gasteiger partial charge >= 0.3 is 6.03 Å². The summed E-state index contributed by atoms with van der Waals surface area (Å²) in [6.07, 6.45) is 12.4. The van der Waals surface area contributed by atoms with Crippen LogP contribution in [-0.2, 0) is 0 Å². The minimum absolute atomic E-state index is 0.0109. The van der Waals surface area contributed by atoms with Crippen molar-refractivity contribution in [1.29, 1.82) is 0 Å². The van der Waals surface area contributed by atoms with Crippen LogP contribution in [0.25, 0.3) is 11.1 Å². The van der Waals surface area contributed by atoms with E-state index < -0.39 is 0 Å². The number of hydrogen-bond donors (Lipinski definition) is 2. The summed E-state index contributed by atoms with van der Waals surface area (Å²) in [4.78, 5) is 17.9. The third kappa shape index (κ3) is 3.54. The molecule has 6 heteroatoms. The molecule has 2 amide bonds. The molecule has 0 bridgehead atoms. The maximum absolute atomic E-state index is 13.6. The lowest BCUT2D eigenvalue weighted by Crippen LogP contribution is -2.54. The largest absolute Gasteiger partial charge is 0.325 e. The Labute approximate surface area is 172 Å². The summed E-state index contributed by atoms with van der Waals surface area (Å²) in [6.45, 7) is 3.75. The highest BCUT2D eigenvalue weighted by Gasteiger charge is 2.50. The Morgan fingerprint density at radius 3 is 2.48 bits per heavy atom. The van der Waals surface area contributed by atoms with Crippen molar-refractivity contribution in [2.75, 3.05) is 31.1 Å². The number of piperidine rings is 1. The van der Waals surface area contributed by atoms with E-state index in [0.29, 0.717) is 5.92 Å². The van der Waals surface area contributed by atoms with Crippen molar-refractivity contribution in [2.45, 2.75) is 50.5 Å². The van der Waals surface area contributed by atoms with E-state index in [-0.39, 0.29) is 11.6 Å². The van der Waals surface area contributed by atoms with Crippen molar-refractivity contribution in [3.05, 3.63) is 36.7 Å². The van der Waals surface area contributed by atoms with Crippen LogP contribution in [0.3, 0.4) is 0 Å². The molecule has 0 radical (unpaired) electrons. The van der Waals surface area contributed by atoms with E-state index in [1.54, 1.807) is 0 Å². The number of benzene rings is 1. The van der Waals surface area contributed by atoms with Crippen molar-refractivity contribution in [1.82, 2.24) is 20.4 Å². The van der Waals surface area contributed by atoms with E-state index in [1.165, 1.54) is 32.1 Å². The predicted molar refractivity (Wildman–Crippen MR) is 115 cm³/mol. The second-order valence-corrected chi connectivity index (χ2v) is 8.99. The van der Waals surface area contributed by atoms with Crippen LogP contribution in [0.5, 0.6) is 0 Å². The van der Waals surface area contributed by atoms with E-state index in [0.717, 1.165) is 55.8 Å². The average Bonchev–Trinajstić information content (AvgIpc) is 3.39. The highest BCUT2D eigenvalue weighted by atomic mass is 16.2. The number of hydrogen-bond acceptors (Lipinski definition) is 3. The highest BCUT2D eigenvalue weighted by Crippen LogP contribution is 2.39. The van der Waals surface area contributed by atoms with Gasteiger partial charge in [-0.15, -0.1) is 0 Å². The number of amides is 2. The standard InChI is InChI=1S/C23H31N5O/c29-22-27(21-8-6-19(7-9-21)20-14-25-26-15-20)17-23(10-12-24-13-11-23)28(22)16-18-4-2-1-3-5-18/h6-9,14-15,18,24H,1-5,10-13,16-17H2,(H,25,26). The molecule has 0 unspecified atom stereocenters. The Morgan fingerprint density at radius 1 is 1.03 bits per heavy atom. The number of carbonyl (C=O) groups is 1. The van der Waals surface area contributed by atoms with Gasteiger partial charge in [-0.1, -0.05) is 31.4 Å². The molecule has 1 saturated carbocycles. The van der Waals surface area contributed by atoms with Gasteiger partial charge in [0, 0.05) is 24.0 Å². The molecule has 0 atom stereocenters.